The highest BCUT2D eigenvalue weighted by Gasteiger charge is 2.39. The van der Waals surface area contributed by atoms with Crippen LogP contribution in [0.25, 0.3) is 6.08 Å². The number of benzene rings is 2. The molecule has 2 unspecified atom stereocenters. The summed E-state index contributed by atoms with van der Waals surface area (Å²) in [4.78, 5) is 0. The first-order valence-corrected chi connectivity index (χ1v) is 10.3. The van der Waals surface area contributed by atoms with Crippen molar-refractivity contribution in [1.29, 1.82) is 0 Å². The van der Waals surface area contributed by atoms with E-state index in [-0.39, 0.29) is 18.3 Å². The van der Waals surface area contributed by atoms with Gasteiger partial charge in [0.15, 0.2) is 5.82 Å². The van der Waals surface area contributed by atoms with Gasteiger partial charge < -0.3 is 5.32 Å². The van der Waals surface area contributed by atoms with Crippen molar-refractivity contribution >= 4 is 29.3 Å². The van der Waals surface area contributed by atoms with E-state index in [0.717, 1.165) is 42.2 Å². The van der Waals surface area contributed by atoms with Crippen LogP contribution in [-0.4, -0.2) is 19.4 Å². The minimum Gasteiger partial charge on any atom is -0.310 e. The van der Waals surface area contributed by atoms with E-state index in [1.165, 1.54) is 6.08 Å². The van der Waals surface area contributed by atoms with Gasteiger partial charge in [0.05, 0.1) is 22.6 Å². The number of halogens is 7. The summed E-state index contributed by atoms with van der Waals surface area (Å²) < 4.78 is 66.7. The van der Waals surface area contributed by atoms with Crippen LogP contribution in [0.15, 0.2) is 36.4 Å². The van der Waals surface area contributed by atoms with Crippen LogP contribution in [0.3, 0.4) is 0 Å². The molecular formula is C22H20Cl2F5N. The van der Waals surface area contributed by atoms with Gasteiger partial charge in [-0.15, -0.1) is 0 Å². The van der Waals surface area contributed by atoms with E-state index in [9.17, 15) is 22.0 Å². The smallest absolute Gasteiger partial charge is 0.310 e. The molecule has 0 amide bonds. The first-order valence-electron chi connectivity index (χ1n) is 9.52. The zero-order chi connectivity index (χ0) is 21.9. The van der Waals surface area contributed by atoms with Crippen LogP contribution < -0.4 is 5.32 Å². The van der Waals surface area contributed by atoms with Gasteiger partial charge in [0.1, 0.15) is 0 Å². The van der Waals surface area contributed by atoms with Crippen molar-refractivity contribution in [2.24, 2.45) is 0 Å². The van der Waals surface area contributed by atoms with Crippen LogP contribution in [0.5, 0.6) is 0 Å². The Bertz CT molecular complexity index is 903. The highest BCUT2D eigenvalue weighted by Crippen LogP contribution is 2.39. The molecule has 2 aromatic rings. The number of fused-ring (bicyclic) bond motifs is 1. The lowest BCUT2D eigenvalue weighted by atomic mass is 9.96. The van der Waals surface area contributed by atoms with E-state index >= 15 is 0 Å². The molecule has 8 heteroatoms. The zero-order valence-corrected chi connectivity index (χ0v) is 17.4. The maximum Gasteiger partial charge on any atom is 0.399 e. The van der Waals surface area contributed by atoms with Crippen LogP contribution >= 0.6 is 23.2 Å². The highest BCUT2D eigenvalue weighted by molar-refractivity contribution is 6.35. The number of hydrogen-bond acceptors (Lipinski definition) is 1. The van der Waals surface area contributed by atoms with Gasteiger partial charge in [0.2, 0.25) is 0 Å². The minimum absolute atomic E-state index is 0.135. The molecule has 1 aliphatic carbocycles. The fraction of sp³-hybridized carbons (Fsp3) is 0.364. The number of aryl methyl sites for hydroxylation is 1. The third-order valence-corrected chi connectivity index (χ3v) is 5.70. The average Bonchev–Trinajstić information content (AvgIpc) is 3.07. The predicted octanol–water partition coefficient (Wildman–Crippen LogP) is 7.43. The predicted molar refractivity (Wildman–Crippen MR) is 110 cm³/mol. The summed E-state index contributed by atoms with van der Waals surface area (Å²) >= 11 is 11.4. The number of alkyl halides is 4. The van der Waals surface area contributed by atoms with Crippen molar-refractivity contribution < 1.29 is 22.0 Å². The van der Waals surface area contributed by atoms with Gasteiger partial charge in [0, 0.05) is 6.04 Å². The summed E-state index contributed by atoms with van der Waals surface area (Å²) in [5.41, 5.74) is 2.56. The molecule has 0 bridgehead atoms. The summed E-state index contributed by atoms with van der Waals surface area (Å²) in [5.74, 6) is -2.92. The minimum atomic E-state index is -4.59. The molecule has 0 radical (unpaired) electrons. The lowest BCUT2D eigenvalue weighted by molar-refractivity contribution is -0.139. The van der Waals surface area contributed by atoms with Crippen molar-refractivity contribution in [2.45, 2.75) is 37.4 Å². The van der Waals surface area contributed by atoms with Crippen molar-refractivity contribution in [3.05, 3.63) is 74.5 Å². The largest absolute Gasteiger partial charge is 0.399 e. The third-order valence-electron chi connectivity index (χ3n) is 5.14. The lowest BCUT2D eigenvalue weighted by Gasteiger charge is -2.18. The first kappa shape index (κ1) is 23.0. The van der Waals surface area contributed by atoms with Gasteiger partial charge >= 0.3 is 6.18 Å². The average molecular weight is 464 g/mol. The van der Waals surface area contributed by atoms with Crippen LogP contribution in [-0.2, 0) is 6.42 Å². The Balaban J connectivity index is 1.82. The Labute approximate surface area is 181 Å². The van der Waals surface area contributed by atoms with Crippen LogP contribution in [0, 0.1) is 5.82 Å². The monoisotopic (exact) mass is 463 g/mol. The molecule has 1 aliphatic rings. The van der Waals surface area contributed by atoms with Crippen molar-refractivity contribution in [3.8, 4) is 0 Å². The lowest BCUT2D eigenvalue weighted by Crippen LogP contribution is -2.20. The van der Waals surface area contributed by atoms with E-state index in [0.29, 0.717) is 18.5 Å². The van der Waals surface area contributed by atoms with Crippen molar-refractivity contribution in [3.63, 3.8) is 0 Å². The topological polar surface area (TPSA) is 12.0 Å². The number of rotatable bonds is 7. The van der Waals surface area contributed by atoms with E-state index < -0.39 is 28.0 Å². The molecule has 0 aromatic heterocycles. The Morgan fingerprint density at radius 1 is 1.13 bits per heavy atom. The SMILES string of the molecule is FCCCNC1CCc2cc(/C=C/C(c3cc(Cl)c(F)c(Cl)c3)C(F)(F)F)ccc21. The summed E-state index contributed by atoms with van der Waals surface area (Å²) in [6.07, 6.45) is -0.0597. The Kier molecular flexibility index (Phi) is 7.43. The first-order chi connectivity index (χ1) is 14.2. The van der Waals surface area contributed by atoms with E-state index in [4.69, 9.17) is 23.2 Å². The van der Waals surface area contributed by atoms with Gasteiger partial charge in [0.25, 0.3) is 0 Å². The van der Waals surface area contributed by atoms with E-state index in [1.807, 2.05) is 12.1 Å². The highest BCUT2D eigenvalue weighted by atomic mass is 35.5. The molecule has 0 saturated carbocycles. The molecule has 0 heterocycles. The second kappa shape index (κ2) is 9.67. The molecule has 0 aliphatic heterocycles. The molecule has 2 atom stereocenters. The Morgan fingerprint density at radius 3 is 2.47 bits per heavy atom. The quantitative estimate of drug-likeness (QED) is 0.255. The molecule has 30 heavy (non-hydrogen) atoms. The fourth-order valence-corrected chi connectivity index (χ4v) is 4.17. The Morgan fingerprint density at radius 2 is 1.83 bits per heavy atom. The number of nitrogens with one attached hydrogen (secondary N) is 1. The number of allylic oxidation sites excluding steroid dienone is 1. The maximum atomic E-state index is 13.6. The fourth-order valence-electron chi connectivity index (χ4n) is 3.67. The second-order valence-electron chi connectivity index (χ2n) is 7.22. The molecule has 3 rings (SSSR count). The summed E-state index contributed by atoms with van der Waals surface area (Å²) in [5, 5.41) is 2.39. The van der Waals surface area contributed by atoms with Gasteiger partial charge in [-0.1, -0.05) is 53.6 Å². The van der Waals surface area contributed by atoms with Crippen molar-refractivity contribution in [2.75, 3.05) is 13.2 Å². The van der Waals surface area contributed by atoms with E-state index in [2.05, 4.69) is 5.32 Å². The van der Waals surface area contributed by atoms with Crippen LogP contribution in [0.4, 0.5) is 22.0 Å². The summed E-state index contributed by atoms with van der Waals surface area (Å²) in [7, 11) is 0. The molecule has 162 valence electrons. The van der Waals surface area contributed by atoms with Crippen molar-refractivity contribution in [1.82, 2.24) is 5.32 Å². The summed E-state index contributed by atoms with van der Waals surface area (Å²) in [6.45, 7) is 0.208. The van der Waals surface area contributed by atoms with Crippen LogP contribution in [0.1, 0.15) is 47.1 Å². The molecule has 0 spiro atoms. The van der Waals surface area contributed by atoms with E-state index in [1.54, 1.807) is 6.07 Å². The molecule has 0 saturated heterocycles. The number of hydrogen-bond donors (Lipinski definition) is 1. The molecule has 2 aromatic carbocycles. The molecular weight excluding hydrogens is 444 g/mol. The normalized spacial score (nSPS) is 17.5. The summed E-state index contributed by atoms with van der Waals surface area (Å²) in [6, 6.07) is 7.53. The van der Waals surface area contributed by atoms with Gasteiger partial charge in [-0.25, -0.2) is 4.39 Å². The maximum absolute atomic E-state index is 13.6. The second-order valence-corrected chi connectivity index (χ2v) is 8.04. The van der Waals surface area contributed by atoms with Crippen LogP contribution in [0.2, 0.25) is 10.0 Å². The zero-order valence-electron chi connectivity index (χ0n) is 15.9. The van der Waals surface area contributed by atoms with Gasteiger partial charge in [-0.2, -0.15) is 13.2 Å². The standard InChI is InChI=1S/C22H20Cl2F5N/c23-18-11-15(12-19(24)21(18)26)17(22(27,28)29)6-3-13-2-5-16-14(10-13)4-7-20(16)30-9-1-8-25/h2-3,5-6,10-12,17,20,30H,1,4,7-9H2/b6-3+. The molecule has 0 fully saturated rings. The van der Waals surface area contributed by atoms with Gasteiger partial charge in [-0.3, -0.25) is 4.39 Å². The Hall–Kier alpha value is -1.63. The third kappa shape index (κ3) is 5.34. The molecule has 1 N–H and O–H groups in total. The van der Waals surface area contributed by atoms with Gasteiger partial charge in [-0.05, 0) is 60.2 Å². The molecule has 1 nitrogen and oxygen atoms in total.